The van der Waals surface area contributed by atoms with E-state index in [1.54, 1.807) is 17.0 Å². The van der Waals surface area contributed by atoms with Gasteiger partial charge < -0.3 is 15.0 Å². The Morgan fingerprint density at radius 1 is 1.38 bits per heavy atom. The Morgan fingerprint density at radius 3 is 2.81 bits per heavy atom. The molecule has 1 fully saturated rings. The van der Waals surface area contributed by atoms with Crippen LogP contribution in [-0.4, -0.2) is 67.5 Å². The summed E-state index contributed by atoms with van der Waals surface area (Å²) in [6.45, 7) is 1.21. The molecule has 0 aliphatic carbocycles. The molecule has 0 radical (unpaired) electrons. The van der Waals surface area contributed by atoms with Crippen LogP contribution in [0.1, 0.15) is 0 Å². The molecule has 1 saturated heterocycles. The third-order valence-corrected chi connectivity index (χ3v) is 5.06. The molecule has 9 nitrogen and oxygen atoms in total. The van der Waals surface area contributed by atoms with E-state index in [9.17, 15) is 13.2 Å². The summed E-state index contributed by atoms with van der Waals surface area (Å²) in [5.74, 6) is 0. The molecule has 1 aliphatic rings. The average molecular weight is 397 g/mol. The van der Waals surface area contributed by atoms with Gasteiger partial charge in [-0.25, -0.2) is 17.9 Å². The second kappa shape index (κ2) is 8.08. The molecule has 0 bridgehead atoms. The summed E-state index contributed by atoms with van der Waals surface area (Å²) in [6, 6.07) is 6.63. The van der Waals surface area contributed by atoms with Crippen molar-refractivity contribution in [2.75, 3.05) is 37.9 Å². The number of hydrogen-bond acceptors (Lipinski definition) is 7. The largest absolute Gasteiger partial charge is 0.377 e. The highest BCUT2D eigenvalue weighted by atomic mass is 32.2. The van der Waals surface area contributed by atoms with Crippen LogP contribution in [0.4, 0.5) is 10.5 Å². The van der Waals surface area contributed by atoms with E-state index in [4.69, 9.17) is 4.74 Å². The molecule has 11 heteroatoms. The van der Waals surface area contributed by atoms with Crippen molar-refractivity contribution in [3.63, 3.8) is 0 Å². The lowest BCUT2D eigenvalue weighted by atomic mass is 10.1. The minimum Gasteiger partial charge on any atom is -0.377 e. The molecule has 2 heterocycles. The average Bonchev–Trinajstić information content (AvgIpc) is 3.15. The van der Waals surface area contributed by atoms with Crippen molar-refractivity contribution < 1.29 is 17.9 Å². The number of aromatic nitrogens is 2. The van der Waals surface area contributed by atoms with Crippen molar-refractivity contribution in [1.29, 1.82) is 0 Å². The molecule has 26 heavy (non-hydrogen) atoms. The van der Waals surface area contributed by atoms with Gasteiger partial charge in [-0.3, -0.25) is 0 Å². The van der Waals surface area contributed by atoms with Gasteiger partial charge in [0, 0.05) is 29.7 Å². The number of morpholine rings is 1. The number of benzene rings is 1. The first-order valence-corrected chi connectivity index (χ1v) is 10.6. The summed E-state index contributed by atoms with van der Waals surface area (Å²) in [4.78, 5) is 14.2. The normalized spacial score (nSPS) is 17.9. The highest BCUT2D eigenvalue weighted by molar-refractivity contribution is 7.88. The van der Waals surface area contributed by atoms with Gasteiger partial charge >= 0.3 is 6.03 Å². The lowest BCUT2D eigenvalue weighted by molar-refractivity contribution is 0.0176. The summed E-state index contributed by atoms with van der Waals surface area (Å²) in [5.41, 5.74) is 2.34. The minimum atomic E-state index is -3.33. The lowest BCUT2D eigenvalue weighted by Gasteiger charge is -2.35. The Kier molecular flexibility index (Phi) is 5.81. The highest BCUT2D eigenvalue weighted by Gasteiger charge is 2.28. The predicted molar refractivity (Wildman–Crippen MR) is 98.5 cm³/mol. The quantitative estimate of drug-likeness (QED) is 0.778. The van der Waals surface area contributed by atoms with Gasteiger partial charge in [0.15, 0.2) is 0 Å². The maximum Gasteiger partial charge on any atom is 0.322 e. The Balaban J connectivity index is 1.63. The van der Waals surface area contributed by atoms with E-state index in [2.05, 4.69) is 19.6 Å². The fourth-order valence-electron chi connectivity index (χ4n) is 2.55. The van der Waals surface area contributed by atoms with Crippen molar-refractivity contribution in [1.82, 2.24) is 19.2 Å². The molecular formula is C15H19N5O4S2. The Labute approximate surface area is 155 Å². The summed E-state index contributed by atoms with van der Waals surface area (Å²) in [7, 11) is -3.33. The molecule has 1 unspecified atom stereocenters. The second-order valence-corrected chi connectivity index (χ2v) is 8.28. The first-order chi connectivity index (χ1) is 12.4. The molecule has 1 aromatic heterocycles. The van der Waals surface area contributed by atoms with Crippen LogP contribution < -0.4 is 10.0 Å². The van der Waals surface area contributed by atoms with Crippen LogP contribution in [0.2, 0.25) is 0 Å². The Hall–Kier alpha value is -2.08. The first-order valence-electron chi connectivity index (χ1n) is 7.90. The number of rotatable bonds is 5. The molecule has 2 amide bonds. The number of nitrogens with zero attached hydrogens (tertiary/aromatic N) is 3. The standard InChI is InChI=1S/C15H19N5O4S2/c1-26(22,23)16-8-13-9-24-7-6-20(13)15(21)17-12-4-2-11(3-5-12)14-10-25-19-18-14/h2-5,10,13,16H,6-9H2,1H3,(H,17,21). The molecule has 0 spiro atoms. The minimum absolute atomic E-state index is 0.113. The van der Waals surface area contributed by atoms with Gasteiger partial charge in [-0.05, 0) is 23.7 Å². The van der Waals surface area contributed by atoms with Gasteiger partial charge in [-0.2, -0.15) is 0 Å². The van der Waals surface area contributed by atoms with Gasteiger partial charge in [0.25, 0.3) is 0 Å². The number of carbonyl (C=O) groups is 1. The van der Waals surface area contributed by atoms with E-state index in [-0.39, 0.29) is 25.2 Å². The summed E-state index contributed by atoms with van der Waals surface area (Å²) in [6.07, 6.45) is 1.08. The van der Waals surface area contributed by atoms with Gasteiger partial charge in [0.05, 0.1) is 25.5 Å². The third kappa shape index (κ3) is 4.97. The maximum absolute atomic E-state index is 12.6. The van der Waals surface area contributed by atoms with E-state index < -0.39 is 10.0 Å². The molecule has 2 N–H and O–H groups in total. The smallest absolute Gasteiger partial charge is 0.322 e. The molecular weight excluding hydrogens is 378 g/mol. The van der Waals surface area contributed by atoms with Crippen LogP contribution in [0.25, 0.3) is 11.3 Å². The van der Waals surface area contributed by atoms with E-state index >= 15 is 0 Å². The van der Waals surface area contributed by atoms with E-state index in [1.807, 2.05) is 17.5 Å². The molecule has 1 atom stereocenters. The summed E-state index contributed by atoms with van der Waals surface area (Å²) >= 11 is 1.28. The second-order valence-electron chi connectivity index (χ2n) is 5.84. The zero-order chi connectivity index (χ0) is 18.6. The third-order valence-electron chi connectivity index (χ3n) is 3.86. The van der Waals surface area contributed by atoms with Crippen LogP contribution in [0.15, 0.2) is 29.6 Å². The molecule has 0 saturated carbocycles. The number of carbonyl (C=O) groups excluding carboxylic acids is 1. The number of amides is 2. The van der Waals surface area contributed by atoms with Gasteiger partial charge in [0.1, 0.15) is 5.69 Å². The SMILES string of the molecule is CS(=O)(=O)NCC1COCCN1C(=O)Nc1ccc(-c2csnn2)cc1. The zero-order valence-corrected chi connectivity index (χ0v) is 15.7. The fourth-order valence-corrected chi connectivity index (χ4v) is 3.51. The van der Waals surface area contributed by atoms with Gasteiger partial charge in [-0.1, -0.05) is 16.6 Å². The number of hydrogen-bond donors (Lipinski definition) is 2. The molecule has 2 aromatic rings. The zero-order valence-electron chi connectivity index (χ0n) is 14.1. The fraction of sp³-hybridized carbons (Fsp3) is 0.400. The van der Waals surface area contributed by atoms with Crippen molar-refractivity contribution in [3.05, 3.63) is 29.6 Å². The molecule has 3 rings (SSSR count). The first kappa shape index (κ1) is 18.7. The van der Waals surface area contributed by atoms with E-state index in [0.717, 1.165) is 17.5 Å². The van der Waals surface area contributed by atoms with Crippen LogP contribution in [0, 0.1) is 0 Å². The predicted octanol–water partition coefficient (Wildman–Crippen LogP) is 0.987. The topological polar surface area (TPSA) is 114 Å². The number of urea groups is 1. The van der Waals surface area contributed by atoms with Crippen LogP contribution >= 0.6 is 11.5 Å². The summed E-state index contributed by atoms with van der Waals surface area (Å²) in [5, 5.41) is 8.68. The Morgan fingerprint density at radius 2 is 2.15 bits per heavy atom. The van der Waals surface area contributed by atoms with E-state index in [0.29, 0.717) is 18.8 Å². The number of ether oxygens (including phenoxy) is 1. The van der Waals surface area contributed by atoms with Crippen LogP contribution in [-0.2, 0) is 14.8 Å². The van der Waals surface area contributed by atoms with Crippen molar-refractivity contribution in [3.8, 4) is 11.3 Å². The Bertz CT molecular complexity index is 839. The van der Waals surface area contributed by atoms with Gasteiger partial charge in [-0.15, -0.1) is 5.10 Å². The maximum atomic E-state index is 12.6. The monoisotopic (exact) mass is 397 g/mol. The number of anilines is 1. The lowest BCUT2D eigenvalue weighted by Crippen LogP contribution is -2.54. The summed E-state index contributed by atoms with van der Waals surface area (Å²) < 4.78 is 34.2. The van der Waals surface area contributed by atoms with Crippen LogP contribution in [0.3, 0.4) is 0 Å². The number of sulfonamides is 1. The van der Waals surface area contributed by atoms with Crippen molar-refractivity contribution in [2.24, 2.45) is 0 Å². The molecule has 1 aliphatic heterocycles. The highest BCUT2D eigenvalue weighted by Crippen LogP contribution is 2.20. The number of nitrogens with one attached hydrogen (secondary N) is 2. The van der Waals surface area contributed by atoms with Crippen LogP contribution in [0.5, 0.6) is 0 Å². The van der Waals surface area contributed by atoms with Crippen molar-refractivity contribution in [2.45, 2.75) is 6.04 Å². The molecule has 140 valence electrons. The van der Waals surface area contributed by atoms with Gasteiger partial charge in [0.2, 0.25) is 10.0 Å². The van der Waals surface area contributed by atoms with Crippen molar-refractivity contribution >= 4 is 33.3 Å². The molecule has 1 aromatic carbocycles. The van der Waals surface area contributed by atoms with E-state index in [1.165, 1.54) is 11.5 Å².